The smallest absolute Gasteiger partial charge is 0.0959 e. The first kappa shape index (κ1) is 12.6. The molecule has 3 nitrogen and oxygen atoms in total. The van der Waals surface area contributed by atoms with Gasteiger partial charge in [0.25, 0.3) is 0 Å². The van der Waals surface area contributed by atoms with Gasteiger partial charge in [0.1, 0.15) is 0 Å². The molecule has 0 aromatic carbocycles. The number of thiazole rings is 1. The Hall–Kier alpha value is -0.450. The van der Waals surface area contributed by atoms with Crippen molar-refractivity contribution < 1.29 is 4.74 Å². The van der Waals surface area contributed by atoms with Crippen LogP contribution in [0.1, 0.15) is 49.4 Å². The normalized spacial score (nSPS) is 28.5. The van der Waals surface area contributed by atoms with Crippen LogP contribution in [0.3, 0.4) is 0 Å². The van der Waals surface area contributed by atoms with E-state index in [-0.39, 0.29) is 5.54 Å². The Balaban J connectivity index is 1.69. The number of hydrogen-bond donors (Lipinski definition) is 0. The Morgan fingerprint density at radius 3 is 3.00 bits per heavy atom. The highest BCUT2D eigenvalue weighted by molar-refractivity contribution is 7.11. The van der Waals surface area contributed by atoms with Gasteiger partial charge in [-0.1, -0.05) is 0 Å². The molecule has 0 radical (unpaired) electrons. The summed E-state index contributed by atoms with van der Waals surface area (Å²) in [4.78, 5) is 8.51. The summed E-state index contributed by atoms with van der Waals surface area (Å²) in [5.74, 6) is 0.778. The zero-order valence-corrected chi connectivity index (χ0v) is 12.3. The van der Waals surface area contributed by atoms with E-state index in [0.717, 1.165) is 25.6 Å². The summed E-state index contributed by atoms with van der Waals surface area (Å²) in [5.41, 5.74) is 0.135. The predicted octanol–water partition coefficient (Wildman–Crippen LogP) is 3.02. The molecule has 1 unspecified atom stereocenters. The van der Waals surface area contributed by atoms with Crippen LogP contribution in [-0.2, 0) is 11.3 Å². The zero-order chi connectivity index (χ0) is 12.8. The first-order valence-corrected chi connectivity index (χ1v) is 7.67. The summed E-state index contributed by atoms with van der Waals surface area (Å²) in [6, 6.07) is 0. The Kier molecular flexibility index (Phi) is 3.20. The summed E-state index contributed by atoms with van der Waals surface area (Å²) in [6.45, 7) is 9.55. The maximum absolute atomic E-state index is 5.76. The molecule has 0 bridgehead atoms. The molecule has 2 fully saturated rings. The minimum Gasteiger partial charge on any atom is -0.375 e. The summed E-state index contributed by atoms with van der Waals surface area (Å²) in [7, 11) is 0. The topological polar surface area (TPSA) is 25.4 Å². The van der Waals surface area contributed by atoms with Gasteiger partial charge in [0.2, 0.25) is 0 Å². The molecule has 0 spiro atoms. The fraction of sp³-hybridized carbons (Fsp3) is 0.786. The SMILES string of the molecule is CC1CN(Cc2cnc(C3CC3)s2)C(C)(C)CO1. The summed E-state index contributed by atoms with van der Waals surface area (Å²) < 4.78 is 5.76. The number of morpholine rings is 1. The van der Waals surface area contributed by atoms with Crippen LogP contribution < -0.4 is 0 Å². The van der Waals surface area contributed by atoms with Gasteiger partial charge in [0, 0.05) is 35.6 Å². The lowest BCUT2D eigenvalue weighted by molar-refractivity contribution is -0.0946. The van der Waals surface area contributed by atoms with E-state index < -0.39 is 0 Å². The van der Waals surface area contributed by atoms with Crippen molar-refractivity contribution in [2.45, 2.75) is 57.7 Å². The molecule has 4 heteroatoms. The molecule has 18 heavy (non-hydrogen) atoms. The van der Waals surface area contributed by atoms with Crippen molar-refractivity contribution in [3.63, 3.8) is 0 Å². The maximum Gasteiger partial charge on any atom is 0.0959 e. The van der Waals surface area contributed by atoms with Gasteiger partial charge in [0.15, 0.2) is 0 Å². The Bertz CT molecular complexity index is 425. The molecule has 3 rings (SSSR count). The zero-order valence-electron chi connectivity index (χ0n) is 11.5. The monoisotopic (exact) mass is 266 g/mol. The van der Waals surface area contributed by atoms with Crippen LogP contribution >= 0.6 is 11.3 Å². The summed E-state index contributed by atoms with van der Waals surface area (Å²) >= 11 is 1.91. The minimum absolute atomic E-state index is 0.135. The van der Waals surface area contributed by atoms with Gasteiger partial charge < -0.3 is 4.74 Å². The third kappa shape index (κ3) is 2.60. The largest absolute Gasteiger partial charge is 0.375 e. The number of hydrogen-bond acceptors (Lipinski definition) is 4. The molecular weight excluding hydrogens is 244 g/mol. The van der Waals surface area contributed by atoms with E-state index in [9.17, 15) is 0 Å². The van der Waals surface area contributed by atoms with Crippen molar-refractivity contribution in [3.05, 3.63) is 16.1 Å². The Morgan fingerprint density at radius 2 is 2.28 bits per heavy atom. The molecule has 1 aliphatic carbocycles. The quantitative estimate of drug-likeness (QED) is 0.841. The average molecular weight is 266 g/mol. The third-order valence-electron chi connectivity index (χ3n) is 3.90. The second-order valence-electron chi connectivity index (χ2n) is 6.25. The molecule has 1 aliphatic heterocycles. The lowest BCUT2D eigenvalue weighted by Crippen LogP contribution is -2.54. The van der Waals surface area contributed by atoms with E-state index in [0.29, 0.717) is 6.10 Å². The molecule has 1 aromatic rings. The van der Waals surface area contributed by atoms with Gasteiger partial charge in [-0.05, 0) is 33.6 Å². The first-order valence-electron chi connectivity index (χ1n) is 6.86. The first-order chi connectivity index (χ1) is 8.54. The van der Waals surface area contributed by atoms with Crippen LogP contribution in [0.4, 0.5) is 0 Å². The molecule has 1 saturated carbocycles. The fourth-order valence-corrected chi connectivity index (χ4v) is 3.53. The van der Waals surface area contributed by atoms with Crippen molar-refractivity contribution in [1.82, 2.24) is 9.88 Å². The molecule has 2 aliphatic rings. The van der Waals surface area contributed by atoms with Crippen molar-refractivity contribution in [1.29, 1.82) is 0 Å². The van der Waals surface area contributed by atoms with Crippen molar-refractivity contribution in [3.8, 4) is 0 Å². The van der Waals surface area contributed by atoms with Crippen LogP contribution in [0.15, 0.2) is 6.20 Å². The number of rotatable bonds is 3. The highest BCUT2D eigenvalue weighted by Crippen LogP contribution is 2.42. The van der Waals surface area contributed by atoms with Crippen LogP contribution in [-0.4, -0.2) is 34.7 Å². The molecule has 1 atom stereocenters. The van der Waals surface area contributed by atoms with Crippen LogP contribution in [0.2, 0.25) is 0 Å². The molecule has 1 saturated heterocycles. The van der Waals surface area contributed by atoms with Crippen molar-refractivity contribution in [2.24, 2.45) is 0 Å². The van der Waals surface area contributed by atoms with Crippen LogP contribution in [0.5, 0.6) is 0 Å². The lowest BCUT2D eigenvalue weighted by atomic mass is 10.0. The third-order valence-corrected chi connectivity index (χ3v) is 5.04. The fourth-order valence-electron chi connectivity index (χ4n) is 2.43. The number of aromatic nitrogens is 1. The second kappa shape index (κ2) is 4.58. The van der Waals surface area contributed by atoms with Gasteiger partial charge in [-0.3, -0.25) is 4.90 Å². The van der Waals surface area contributed by atoms with Crippen molar-refractivity contribution >= 4 is 11.3 Å². The van der Waals surface area contributed by atoms with E-state index >= 15 is 0 Å². The van der Waals surface area contributed by atoms with E-state index in [1.165, 1.54) is 22.7 Å². The van der Waals surface area contributed by atoms with E-state index in [1.807, 2.05) is 11.3 Å². The van der Waals surface area contributed by atoms with Crippen LogP contribution in [0.25, 0.3) is 0 Å². The average Bonchev–Trinajstić information content (AvgIpc) is 3.06. The number of ether oxygens (including phenoxy) is 1. The highest BCUT2D eigenvalue weighted by atomic mass is 32.1. The predicted molar refractivity (Wildman–Crippen MR) is 74.0 cm³/mol. The molecule has 100 valence electrons. The van der Waals surface area contributed by atoms with E-state index in [4.69, 9.17) is 4.74 Å². The Morgan fingerprint density at radius 1 is 1.50 bits per heavy atom. The van der Waals surface area contributed by atoms with Crippen molar-refractivity contribution in [2.75, 3.05) is 13.2 Å². The van der Waals surface area contributed by atoms with Gasteiger partial charge in [-0.2, -0.15) is 0 Å². The van der Waals surface area contributed by atoms with E-state index in [2.05, 4.69) is 36.9 Å². The lowest BCUT2D eigenvalue weighted by Gasteiger charge is -2.44. The summed E-state index contributed by atoms with van der Waals surface area (Å²) in [5, 5.41) is 1.35. The highest BCUT2D eigenvalue weighted by Gasteiger charge is 2.34. The molecule has 0 N–H and O–H groups in total. The standard InChI is InChI=1S/C14H22N2OS/c1-10-7-16(14(2,3)9-17-10)8-12-6-15-13(18-12)11-4-5-11/h6,10-11H,4-5,7-9H2,1-3H3. The van der Waals surface area contributed by atoms with Gasteiger partial charge in [-0.15, -0.1) is 11.3 Å². The maximum atomic E-state index is 5.76. The molecule has 1 aromatic heterocycles. The minimum atomic E-state index is 0.135. The van der Waals surface area contributed by atoms with Crippen LogP contribution in [0, 0.1) is 0 Å². The van der Waals surface area contributed by atoms with Gasteiger partial charge in [-0.25, -0.2) is 4.98 Å². The molecule has 2 heterocycles. The molecule has 0 amide bonds. The molecular formula is C14H22N2OS. The second-order valence-corrected chi connectivity index (χ2v) is 7.40. The summed E-state index contributed by atoms with van der Waals surface area (Å²) in [6.07, 6.45) is 5.10. The number of nitrogens with zero attached hydrogens (tertiary/aromatic N) is 2. The van der Waals surface area contributed by atoms with E-state index in [1.54, 1.807) is 0 Å². The Labute approximate surface area is 113 Å². The van der Waals surface area contributed by atoms with Gasteiger partial charge >= 0.3 is 0 Å². The van der Waals surface area contributed by atoms with Gasteiger partial charge in [0.05, 0.1) is 17.7 Å².